The van der Waals surface area contributed by atoms with Crippen molar-refractivity contribution in [2.75, 3.05) is 31.2 Å². The molecular formula is C14H16BrN3O2. The number of halogens is 1. The lowest BCUT2D eigenvalue weighted by Gasteiger charge is -2.36. The predicted octanol–water partition coefficient (Wildman–Crippen LogP) is 1.66. The largest absolute Gasteiger partial charge is 0.377 e. The van der Waals surface area contributed by atoms with E-state index in [0.717, 1.165) is 10.2 Å². The van der Waals surface area contributed by atoms with Gasteiger partial charge in [-0.15, -0.1) is 0 Å². The van der Waals surface area contributed by atoms with Gasteiger partial charge in [-0.05, 0) is 25.1 Å². The van der Waals surface area contributed by atoms with E-state index in [1.54, 1.807) is 6.07 Å². The molecular weight excluding hydrogens is 322 g/mol. The summed E-state index contributed by atoms with van der Waals surface area (Å²) in [6.45, 7) is 3.95. The third kappa shape index (κ3) is 3.11. The van der Waals surface area contributed by atoms with Crippen LogP contribution in [0.25, 0.3) is 0 Å². The van der Waals surface area contributed by atoms with E-state index in [9.17, 15) is 10.1 Å². The van der Waals surface area contributed by atoms with Crippen LogP contribution in [0.4, 0.5) is 5.69 Å². The van der Waals surface area contributed by atoms with Crippen molar-refractivity contribution in [3.63, 3.8) is 0 Å². The molecule has 106 valence electrons. The number of carbonyl (C=O) groups excluding carboxylic acids is 1. The third-order valence-electron chi connectivity index (χ3n) is 3.17. The summed E-state index contributed by atoms with van der Waals surface area (Å²) in [6, 6.07) is 7.29. The first-order valence-electron chi connectivity index (χ1n) is 6.49. The highest BCUT2D eigenvalue weighted by Gasteiger charge is 2.30. The molecule has 1 aromatic rings. The fraction of sp³-hybridized carbons (Fsp3) is 0.429. The van der Waals surface area contributed by atoms with Gasteiger partial charge in [0.1, 0.15) is 12.1 Å². The van der Waals surface area contributed by atoms with Crippen molar-refractivity contribution in [1.82, 2.24) is 5.32 Å². The molecule has 0 radical (unpaired) electrons. The molecule has 1 unspecified atom stereocenters. The Kier molecular flexibility index (Phi) is 4.99. The summed E-state index contributed by atoms with van der Waals surface area (Å²) >= 11 is 3.36. The molecule has 0 aromatic heterocycles. The minimum atomic E-state index is -0.392. The van der Waals surface area contributed by atoms with Crippen molar-refractivity contribution in [1.29, 1.82) is 5.26 Å². The highest BCUT2D eigenvalue weighted by Crippen LogP contribution is 2.27. The van der Waals surface area contributed by atoms with E-state index in [1.165, 1.54) is 0 Å². The number of nitrogens with one attached hydrogen (secondary N) is 1. The molecule has 1 aliphatic heterocycles. The number of ether oxygens (including phenoxy) is 1. The zero-order valence-electron chi connectivity index (χ0n) is 11.2. The summed E-state index contributed by atoms with van der Waals surface area (Å²) in [4.78, 5) is 14.1. The second kappa shape index (κ2) is 6.73. The highest BCUT2D eigenvalue weighted by molar-refractivity contribution is 9.10. The molecule has 1 atom stereocenters. The zero-order chi connectivity index (χ0) is 14.5. The number of rotatable bonds is 3. The number of carbonyl (C=O) groups is 1. The highest BCUT2D eigenvalue weighted by atomic mass is 79.9. The summed E-state index contributed by atoms with van der Waals surface area (Å²) in [5.74, 6) is -0.0704. The van der Waals surface area contributed by atoms with Gasteiger partial charge in [0.15, 0.2) is 0 Å². The van der Waals surface area contributed by atoms with Crippen molar-refractivity contribution < 1.29 is 9.53 Å². The van der Waals surface area contributed by atoms with Crippen molar-refractivity contribution >= 4 is 27.5 Å². The van der Waals surface area contributed by atoms with E-state index in [1.807, 2.05) is 24.0 Å². The average Bonchev–Trinajstić information content (AvgIpc) is 2.47. The van der Waals surface area contributed by atoms with E-state index in [0.29, 0.717) is 31.9 Å². The standard InChI is InChI=1S/C14H16BrN3O2/c1-2-17-14(19)13-9-20-6-5-18(13)12-4-3-11(15)7-10(12)8-16/h3-4,7,13H,2,5-6,9H2,1H3,(H,17,19). The molecule has 1 aromatic carbocycles. The molecule has 2 rings (SSSR count). The first-order chi connectivity index (χ1) is 9.67. The molecule has 1 saturated heterocycles. The molecule has 1 fully saturated rings. The minimum Gasteiger partial charge on any atom is -0.377 e. The van der Waals surface area contributed by atoms with Crippen LogP contribution in [0.1, 0.15) is 12.5 Å². The minimum absolute atomic E-state index is 0.0704. The van der Waals surface area contributed by atoms with Crippen LogP contribution >= 0.6 is 15.9 Å². The van der Waals surface area contributed by atoms with Crippen LogP contribution in [0, 0.1) is 11.3 Å². The molecule has 0 aliphatic carbocycles. The number of amides is 1. The average molecular weight is 338 g/mol. The monoisotopic (exact) mass is 337 g/mol. The maximum absolute atomic E-state index is 12.1. The number of nitrogens with zero attached hydrogens (tertiary/aromatic N) is 2. The number of hydrogen-bond acceptors (Lipinski definition) is 4. The molecule has 20 heavy (non-hydrogen) atoms. The van der Waals surface area contributed by atoms with Crippen LogP contribution in [-0.2, 0) is 9.53 Å². The molecule has 1 amide bonds. The molecule has 0 saturated carbocycles. The van der Waals surface area contributed by atoms with Crippen LogP contribution < -0.4 is 10.2 Å². The van der Waals surface area contributed by atoms with Gasteiger partial charge >= 0.3 is 0 Å². The summed E-state index contributed by atoms with van der Waals surface area (Å²) in [5, 5.41) is 12.1. The van der Waals surface area contributed by atoms with Crippen LogP contribution in [0.5, 0.6) is 0 Å². The summed E-state index contributed by atoms with van der Waals surface area (Å²) in [7, 11) is 0. The molecule has 1 heterocycles. The predicted molar refractivity (Wildman–Crippen MR) is 79.5 cm³/mol. The zero-order valence-corrected chi connectivity index (χ0v) is 12.8. The fourth-order valence-corrected chi connectivity index (χ4v) is 2.61. The lowest BCUT2D eigenvalue weighted by atomic mass is 10.1. The Morgan fingerprint density at radius 3 is 3.15 bits per heavy atom. The first-order valence-corrected chi connectivity index (χ1v) is 7.28. The number of anilines is 1. The molecule has 0 spiro atoms. The second-order valence-corrected chi connectivity index (χ2v) is 5.37. The maximum atomic E-state index is 12.1. The number of hydrogen-bond donors (Lipinski definition) is 1. The van der Waals surface area contributed by atoms with Gasteiger partial charge in [-0.3, -0.25) is 4.79 Å². The quantitative estimate of drug-likeness (QED) is 0.910. The lowest BCUT2D eigenvalue weighted by molar-refractivity contribution is -0.124. The third-order valence-corrected chi connectivity index (χ3v) is 3.66. The normalized spacial score (nSPS) is 18.4. The number of likely N-dealkylation sites (N-methyl/N-ethyl adjacent to an activating group) is 1. The van der Waals surface area contributed by atoms with E-state index < -0.39 is 6.04 Å². The van der Waals surface area contributed by atoms with Gasteiger partial charge in [-0.2, -0.15) is 5.26 Å². The number of morpholine rings is 1. The Morgan fingerprint density at radius 1 is 1.65 bits per heavy atom. The summed E-state index contributed by atoms with van der Waals surface area (Å²) < 4.78 is 6.25. The van der Waals surface area contributed by atoms with E-state index >= 15 is 0 Å². The van der Waals surface area contributed by atoms with Crippen LogP contribution in [0.2, 0.25) is 0 Å². The Labute approximate surface area is 126 Å². The Morgan fingerprint density at radius 2 is 2.45 bits per heavy atom. The fourth-order valence-electron chi connectivity index (χ4n) is 2.25. The Bertz CT molecular complexity index is 542. The van der Waals surface area contributed by atoms with Gasteiger partial charge in [0.2, 0.25) is 5.91 Å². The number of benzene rings is 1. The van der Waals surface area contributed by atoms with Crippen LogP contribution in [0.15, 0.2) is 22.7 Å². The van der Waals surface area contributed by atoms with Gasteiger partial charge in [0.05, 0.1) is 24.5 Å². The smallest absolute Gasteiger partial charge is 0.245 e. The van der Waals surface area contributed by atoms with E-state index in [2.05, 4.69) is 27.3 Å². The molecule has 1 N–H and O–H groups in total. The van der Waals surface area contributed by atoms with Gasteiger partial charge < -0.3 is 15.0 Å². The van der Waals surface area contributed by atoms with Gasteiger partial charge in [0, 0.05) is 17.6 Å². The molecule has 1 aliphatic rings. The summed E-state index contributed by atoms with van der Waals surface area (Å²) in [6.07, 6.45) is 0. The molecule has 6 heteroatoms. The lowest BCUT2D eigenvalue weighted by Crippen LogP contribution is -2.54. The van der Waals surface area contributed by atoms with Crippen molar-refractivity contribution in [3.05, 3.63) is 28.2 Å². The van der Waals surface area contributed by atoms with E-state index in [4.69, 9.17) is 4.74 Å². The van der Waals surface area contributed by atoms with Gasteiger partial charge in [0.25, 0.3) is 0 Å². The first kappa shape index (κ1) is 14.8. The van der Waals surface area contributed by atoms with Gasteiger partial charge in [-0.25, -0.2) is 0 Å². The van der Waals surface area contributed by atoms with Crippen LogP contribution in [0.3, 0.4) is 0 Å². The van der Waals surface area contributed by atoms with Crippen molar-refractivity contribution in [2.24, 2.45) is 0 Å². The second-order valence-electron chi connectivity index (χ2n) is 4.45. The Balaban J connectivity index is 2.33. The number of nitriles is 1. The maximum Gasteiger partial charge on any atom is 0.245 e. The van der Waals surface area contributed by atoms with Crippen molar-refractivity contribution in [2.45, 2.75) is 13.0 Å². The SMILES string of the molecule is CCNC(=O)C1COCCN1c1ccc(Br)cc1C#N. The van der Waals surface area contributed by atoms with Crippen LogP contribution in [-0.4, -0.2) is 38.3 Å². The molecule has 0 bridgehead atoms. The van der Waals surface area contributed by atoms with Gasteiger partial charge in [-0.1, -0.05) is 15.9 Å². The summed E-state index contributed by atoms with van der Waals surface area (Å²) in [5.41, 5.74) is 1.32. The Hall–Kier alpha value is -1.58. The van der Waals surface area contributed by atoms with E-state index in [-0.39, 0.29) is 5.91 Å². The topological polar surface area (TPSA) is 65.4 Å². The van der Waals surface area contributed by atoms with Crippen molar-refractivity contribution in [3.8, 4) is 6.07 Å². The molecule has 5 nitrogen and oxygen atoms in total.